The lowest BCUT2D eigenvalue weighted by molar-refractivity contribution is 0.596. The number of anilines is 1. The van der Waals surface area contributed by atoms with Crippen molar-refractivity contribution in [3.63, 3.8) is 0 Å². The summed E-state index contributed by atoms with van der Waals surface area (Å²) in [5, 5.41) is -0.372. The van der Waals surface area contributed by atoms with Gasteiger partial charge in [-0.15, -0.1) is 0 Å². The molecule has 108 valence electrons. The maximum Gasteiger partial charge on any atom is 0.282 e. The van der Waals surface area contributed by atoms with Crippen molar-refractivity contribution in [2.45, 2.75) is 5.03 Å². The second-order valence-electron chi connectivity index (χ2n) is 3.95. The number of imidazole rings is 1. The van der Waals surface area contributed by atoms with Gasteiger partial charge < -0.3 is 0 Å². The summed E-state index contributed by atoms with van der Waals surface area (Å²) in [7, 11) is -3.97. The lowest BCUT2D eigenvalue weighted by Crippen LogP contribution is -2.16. The van der Waals surface area contributed by atoms with Crippen molar-refractivity contribution in [3.05, 3.63) is 47.1 Å². The Balaban J connectivity index is 2.10. The van der Waals surface area contributed by atoms with E-state index in [4.69, 9.17) is 23.2 Å². The third kappa shape index (κ3) is 2.65. The van der Waals surface area contributed by atoms with E-state index in [0.717, 1.165) is 0 Å². The number of pyridine rings is 1. The van der Waals surface area contributed by atoms with Crippen LogP contribution in [-0.2, 0) is 10.0 Å². The summed E-state index contributed by atoms with van der Waals surface area (Å²) in [4.78, 5) is 11.4. The number of halogens is 2. The van der Waals surface area contributed by atoms with Gasteiger partial charge in [-0.2, -0.15) is 13.4 Å². The molecule has 10 heteroatoms. The summed E-state index contributed by atoms with van der Waals surface area (Å²) >= 11 is 11.6. The number of hydrogen-bond acceptors (Lipinski definition) is 5. The van der Waals surface area contributed by atoms with Gasteiger partial charge in [-0.1, -0.05) is 17.7 Å². The van der Waals surface area contributed by atoms with Gasteiger partial charge in [0.25, 0.3) is 10.0 Å². The van der Waals surface area contributed by atoms with Crippen molar-refractivity contribution >= 4 is 44.7 Å². The van der Waals surface area contributed by atoms with Crippen LogP contribution < -0.4 is 4.72 Å². The van der Waals surface area contributed by atoms with Gasteiger partial charge in [-0.3, -0.25) is 9.12 Å². The minimum Gasteiger partial charge on any atom is -0.288 e. The van der Waals surface area contributed by atoms with Crippen LogP contribution in [0, 0.1) is 0 Å². The second kappa shape index (κ2) is 5.14. The molecule has 0 unspecified atom stereocenters. The largest absolute Gasteiger partial charge is 0.288 e. The molecule has 0 spiro atoms. The van der Waals surface area contributed by atoms with Crippen LogP contribution in [0.25, 0.3) is 5.65 Å². The molecule has 7 nitrogen and oxygen atoms in total. The van der Waals surface area contributed by atoms with E-state index in [9.17, 15) is 8.42 Å². The molecule has 21 heavy (non-hydrogen) atoms. The fraction of sp³-hybridized carbons (Fsp3) is 0. The molecule has 1 N–H and O–H groups in total. The normalized spacial score (nSPS) is 11.7. The SMILES string of the molecule is O=S(=O)(Nc1ccnc(Cl)n1)c1c(Cl)nc2ccccn12. The van der Waals surface area contributed by atoms with Crippen molar-refractivity contribution in [1.82, 2.24) is 19.4 Å². The quantitative estimate of drug-likeness (QED) is 0.736. The van der Waals surface area contributed by atoms with E-state index in [2.05, 4.69) is 19.7 Å². The van der Waals surface area contributed by atoms with E-state index in [0.29, 0.717) is 5.65 Å². The first-order valence-electron chi connectivity index (χ1n) is 5.61. The molecule has 0 amide bonds. The molecule has 3 rings (SSSR count). The molecule has 0 aromatic carbocycles. The van der Waals surface area contributed by atoms with Gasteiger partial charge in [0.1, 0.15) is 11.5 Å². The molecule has 0 fully saturated rings. The van der Waals surface area contributed by atoms with Crippen LogP contribution in [0.15, 0.2) is 41.7 Å². The molecule has 0 radical (unpaired) electrons. The van der Waals surface area contributed by atoms with Crippen molar-refractivity contribution < 1.29 is 8.42 Å². The van der Waals surface area contributed by atoms with Crippen molar-refractivity contribution in [1.29, 1.82) is 0 Å². The Hall–Kier alpha value is -1.90. The Morgan fingerprint density at radius 3 is 2.71 bits per heavy atom. The van der Waals surface area contributed by atoms with Gasteiger partial charge in [0.2, 0.25) is 5.28 Å². The molecule has 3 aromatic heterocycles. The first-order chi connectivity index (χ1) is 9.97. The second-order valence-corrected chi connectivity index (χ2v) is 6.25. The average molecular weight is 344 g/mol. The highest BCUT2D eigenvalue weighted by molar-refractivity contribution is 7.92. The van der Waals surface area contributed by atoms with Crippen LogP contribution in [0.1, 0.15) is 0 Å². The van der Waals surface area contributed by atoms with E-state index < -0.39 is 10.0 Å². The van der Waals surface area contributed by atoms with E-state index in [-0.39, 0.29) is 21.3 Å². The number of sulfonamides is 1. The summed E-state index contributed by atoms with van der Waals surface area (Å²) < 4.78 is 28.6. The lowest BCUT2D eigenvalue weighted by Gasteiger charge is -2.07. The number of fused-ring (bicyclic) bond motifs is 1. The molecular formula is C11H7Cl2N5O2S. The minimum absolute atomic E-state index is 0.0388. The van der Waals surface area contributed by atoms with Crippen molar-refractivity contribution in [2.24, 2.45) is 0 Å². The average Bonchev–Trinajstić information content (AvgIpc) is 2.74. The monoisotopic (exact) mass is 343 g/mol. The standard InChI is InChI=1S/C11H7Cl2N5O2S/c12-9-10(18-6-2-1-3-8(18)16-9)21(19,20)17-7-4-5-14-11(13)15-7/h1-6H,(H,14,15,17). The lowest BCUT2D eigenvalue weighted by atomic mass is 10.5. The Kier molecular flexibility index (Phi) is 3.44. The van der Waals surface area contributed by atoms with Gasteiger partial charge in [0, 0.05) is 12.4 Å². The molecule has 0 aliphatic rings. The molecule has 0 aliphatic carbocycles. The summed E-state index contributed by atoms with van der Waals surface area (Å²) in [6.45, 7) is 0. The van der Waals surface area contributed by atoms with Crippen molar-refractivity contribution in [3.8, 4) is 0 Å². The Labute approximate surface area is 129 Å². The first-order valence-corrected chi connectivity index (χ1v) is 7.85. The van der Waals surface area contributed by atoms with Gasteiger partial charge >= 0.3 is 0 Å². The molecule has 0 saturated heterocycles. The summed E-state index contributed by atoms with van der Waals surface area (Å²) in [5.74, 6) is 0.0388. The van der Waals surface area contributed by atoms with E-state index >= 15 is 0 Å². The zero-order valence-corrected chi connectivity index (χ0v) is 12.6. The molecule has 0 saturated carbocycles. The van der Waals surface area contributed by atoms with E-state index in [1.165, 1.54) is 16.7 Å². The fourth-order valence-corrected chi connectivity index (χ4v) is 3.56. The third-order valence-electron chi connectivity index (χ3n) is 2.57. The zero-order chi connectivity index (χ0) is 15.0. The predicted molar refractivity (Wildman–Crippen MR) is 78.1 cm³/mol. The Bertz CT molecular complexity index is 925. The predicted octanol–water partition coefficient (Wildman–Crippen LogP) is 2.23. The number of nitrogens with zero attached hydrogens (tertiary/aromatic N) is 4. The molecule has 3 heterocycles. The van der Waals surface area contributed by atoms with Crippen LogP contribution in [0.2, 0.25) is 10.4 Å². The third-order valence-corrected chi connectivity index (χ3v) is 4.50. The van der Waals surface area contributed by atoms with Crippen LogP contribution in [0.5, 0.6) is 0 Å². The Morgan fingerprint density at radius 1 is 1.14 bits per heavy atom. The van der Waals surface area contributed by atoms with E-state index in [1.807, 2.05) is 0 Å². The summed E-state index contributed by atoms with van der Waals surface area (Å²) in [6, 6.07) is 6.42. The topological polar surface area (TPSA) is 89.2 Å². The fourth-order valence-electron chi connectivity index (χ4n) is 1.76. The van der Waals surface area contributed by atoms with Gasteiger partial charge in [-0.25, -0.2) is 9.97 Å². The van der Waals surface area contributed by atoms with Crippen LogP contribution in [0.3, 0.4) is 0 Å². The highest BCUT2D eigenvalue weighted by Crippen LogP contribution is 2.24. The number of hydrogen-bond donors (Lipinski definition) is 1. The van der Waals surface area contributed by atoms with Crippen LogP contribution in [-0.4, -0.2) is 27.8 Å². The molecule has 0 atom stereocenters. The van der Waals surface area contributed by atoms with Gasteiger partial charge in [0.15, 0.2) is 10.2 Å². The van der Waals surface area contributed by atoms with Crippen LogP contribution >= 0.6 is 23.2 Å². The number of nitrogens with one attached hydrogen (secondary N) is 1. The molecule has 3 aromatic rings. The van der Waals surface area contributed by atoms with Crippen LogP contribution in [0.4, 0.5) is 5.82 Å². The smallest absolute Gasteiger partial charge is 0.282 e. The maximum atomic E-state index is 12.4. The Morgan fingerprint density at radius 2 is 1.95 bits per heavy atom. The van der Waals surface area contributed by atoms with Gasteiger partial charge in [0.05, 0.1) is 0 Å². The van der Waals surface area contributed by atoms with Crippen molar-refractivity contribution in [2.75, 3.05) is 4.72 Å². The molecule has 0 bridgehead atoms. The zero-order valence-electron chi connectivity index (χ0n) is 10.2. The summed E-state index contributed by atoms with van der Waals surface area (Å²) in [5.41, 5.74) is 0.420. The highest BCUT2D eigenvalue weighted by atomic mass is 35.5. The highest BCUT2D eigenvalue weighted by Gasteiger charge is 2.24. The minimum atomic E-state index is -3.97. The number of aromatic nitrogens is 4. The van der Waals surface area contributed by atoms with Gasteiger partial charge in [-0.05, 0) is 29.8 Å². The first kappa shape index (κ1) is 14.1. The summed E-state index contributed by atoms with van der Waals surface area (Å²) in [6.07, 6.45) is 2.89. The molecular weight excluding hydrogens is 337 g/mol. The number of rotatable bonds is 3. The van der Waals surface area contributed by atoms with E-state index in [1.54, 1.807) is 24.4 Å². The maximum absolute atomic E-state index is 12.4. The molecule has 0 aliphatic heterocycles.